The maximum absolute atomic E-state index is 12.6. The summed E-state index contributed by atoms with van der Waals surface area (Å²) >= 11 is 1.25. The van der Waals surface area contributed by atoms with Crippen LogP contribution in [-0.4, -0.2) is 28.5 Å². The number of amides is 3. The van der Waals surface area contributed by atoms with Crippen molar-refractivity contribution in [1.29, 1.82) is 0 Å². The van der Waals surface area contributed by atoms with Gasteiger partial charge in [-0.05, 0) is 51.1 Å². The number of hydrogen-bond acceptors (Lipinski definition) is 7. The number of nitrogens with zero attached hydrogens (tertiary/aromatic N) is 1. The van der Waals surface area contributed by atoms with Gasteiger partial charge in [-0.3, -0.25) is 20.2 Å². The van der Waals surface area contributed by atoms with E-state index in [1.54, 1.807) is 62.5 Å². The Balaban J connectivity index is 1.63. The summed E-state index contributed by atoms with van der Waals surface area (Å²) in [7, 11) is 0. The first-order chi connectivity index (χ1) is 15.1. The van der Waals surface area contributed by atoms with Gasteiger partial charge in [-0.15, -0.1) is 11.3 Å². The highest BCUT2D eigenvalue weighted by atomic mass is 32.1. The highest BCUT2D eigenvalue weighted by Gasteiger charge is 2.17. The average Bonchev–Trinajstić information content (AvgIpc) is 3.34. The second kappa shape index (κ2) is 9.65. The van der Waals surface area contributed by atoms with Crippen molar-refractivity contribution in [1.82, 2.24) is 10.3 Å². The predicted molar refractivity (Wildman–Crippen MR) is 122 cm³/mol. The molecule has 0 spiro atoms. The Morgan fingerprint density at radius 3 is 2.62 bits per heavy atom. The van der Waals surface area contributed by atoms with E-state index >= 15 is 0 Å². The highest BCUT2D eigenvalue weighted by Crippen LogP contribution is 2.27. The van der Waals surface area contributed by atoms with Crippen LogP contribution >= 0.6 is 11.3 Å². The molecule has 3 aromatic rings. The van der Waals surface area contributed by atoms with E-state index in [0.29, 0.717) is 33.6 Å². The summed E-state index contributed by atoms with van der Waals surface area (Å²) in [4.78, 5) is 40.0. The van der Waals surface area contributed by atoms with E-state index in [2.05, 4.69) is 20.9 Å². The molecule has 0 fully saturated rings. The van der Waals surface area contributed by atoms with Gasteiger partial charge in [-0.25, -0.2) is 9.78 Å². The van der Waals surface area contributed by atoms with Crippen LogP contribution < -0.4 is 16.0 Å². The Bertz CT molecular complexity index is 1130. The van der Waals surface area contributed by atoms with Crippen molar-refractivity contribution in [2.45, 2.75) is 39.8 Å². The number of anilines is 2. The van der Waals surface area contributed by atoms with Crippen molar-refractivity contribution in [3.05, 3.63) is 53.1 Å². The largest absolute Gasteiger partial charge is 0.458 e. The van der Waals surface area contributed by atoms with Gasteiger partial charge in [0.25, 0.3) is 5.91 Å². The third-order valence-electron chi connectivity index (χ3n) is 3.92. The van der Waals surface area contributed by atoms with Crippen LogP contribution in [0.5, 0.6) is 0 Å². The van der Waals surface area contributed by atoms with Gasteiger partial charge in [-0.2, -0.15) is 0 Å². The van der Waals surface area contributed by atoms with Gasteiger partial charge in [0, 0.05) is 23.6 Å². The Morgan fingerprint density at radius 1 is 1.12 bits per heavy atom. The van der Waals surface area contributed by atoms with E-state index in [1.165, 1.54) is 18.3 Å². The molecule has 0 unspecified atom stereocenters. The minimum absolute atomic E-state index is 0.146. The number of benzene rings is 1. The molecule has 0 bridgehead atoms. The molecular formula is C22H24N4O5S. The summed E-state index contributed by atoms with van der Waals surface area (Å²) in [5.74, 6) is 0.616. The van der Waals surface area contributed by atoms with E-state index in [9.17, 15) is 14.4 Å². The Hall–Kier alpha value is -3.66. The maximum atomic E-state index is 12.6. The van der Waals surface area contributed by atoms with Crippen molar-refractivity contribution >= 4 is 40.1 Å². The zero-order valence-corrected chi connectivity index (χ0v) is 19.0. The minimum Gasteiger partial charge on any atom is -0.458 e. The van der Waals surface area contributed by atoms with Crippen molar-refractivity contribution < 1.29 is 23.5 Å². The fourth-order valence-electron chi connectivity index (χ4n) is 2.60. The van der Waals surface area contributed by atoms with Crippen LogP contribution in [0.4, 0.5) is 15.6 Å². The second-order valence-electron chi connectivity index (χ2n) is 7.88. The zero-order chi connectivity index (χ0) is 23.3. The van der Waals surface area contributed by atoms with Crippen LogP contribution in [0.3, 0.4) is 0 Å². The molecule has 3 N–H and O–H groups in total. The SMILES string of the molecule is CC(=O)NCc1ccc(-c2csc(NC(=O)c3cccc(NC(=O)OC(C)(C)C)c3)n2)o1. The summed E-state index contributed by atoms with van der Waals surface area (Å²) in [6.07, 6.45) is -0.601. The quantitative estimate of drug-likeness (QED) is 0.497. The minimum atomic E-state index is -0.625. The first kappa shape index (κ1) is 23.0. The lowest BCUT2D eigenvalue weighted by molar-refractivity contribution is -0.119. The van der Waals surface area contributed by atoms with Crippen molar-refractivity contribution in [2.75, 3.05) is 10.6 Å². The first-order valence-corrected chi connectivity index (χ1v) is 10.7. The average molecular weight is 457 g/mol. The number of aromatic nitrogens is 1. The third-order valence-corrected chi connectivity index (χ3v) is 4.68. The monoisotopic (exact) mass is 456 g/mol. The number of hydrogen-bond donors (Lipinski definition) is 3. The topological polar surface area (TPSA) is 123 Å². The molecule has 1 aromatic carbocycles. The van der Waals surface area contributed by atoms with E-state index < -0.39 is 11.7 Å². The molecule has 0 atom stereocenters. The lowest BCUT2D eigenvalue weighted by Gasteiger charge is -2.19. The van der Waals surface area contributed by atoms with E-state index in [4.69, 9.17) is 9.15 Å². The van der Waals surface area contributed by atoms with Gasteiger partial charge in [0.15, 0.2) is 10.9 Å². The molecule has 168 valence electrons. The molecule has 0 aliphatic rings. The molecular weight excluding hydrogens is 432 g/mol. The van der Waals surface area contributed by atoms with E-state index in [0.717, 1.165) is 0 Å². The number of nitrogens with one attached hydrogen (secondary N) is 3. The molecule has 0 aliphatic carbocycles. The van der Waals surface area contributed by atoms with Gasteiger partial charge in [0.1, 0.15) is 17.1 Å². The molecule has 0 saturated heterocycles. The fourth-order valence-corrected chi connectivity index (χ4v) is 3.29. The lowest BCUT2D eigenvalue weighted by Crippen LogP contribution is -2.27. The Labute approximate surface area is 189 Å². The zero-order valence-electron chi connectivity index (χ0n) is 18.1. The highest BCUT2D eigenvalue weighted by molar-refractivity contribution is 7.14. The number of thiazole rings is 1. The van der Waals surface area contributed by atoms with Gasteiger partial charge >= 0.3 is 6.09 Å². The lowest BCUT2D eigenvalue weighted by atomic mass is 10.2. The predicted octanol–water partition coefficient (Wildman–Crippen LogP) is 4.64. The smallest absolute Gasteiger partial charge is 0.412 e. The summed E-state index contributed by atoms with van der Waals surface area (Å²) < 4.78 is 10.9. The summed E-state index contributed by atoms with van der Waals surface area (Å²) in [6, 6.07) is 10.0. The summed E-state index contributed by atoms with van der Waals surface area (Å²) in [5.41, 5.74) is 0.736. The second-order valence-corrected chi connectivity index (χ2v) is 8.73. The molecule has 3 rings (SSSR count). The third kappa shape index (κ3) is 6.67. The molecule has 0 aliphatic heterocycles. The number of carbonyl (C=O) groups is 3. The van der Waals surface area contributed by atoms with E-state index in [1.807, 2.05) is 0 Å². The van der Waals surface area contributed by atoms with Crippen molar-refractivity contribution in [3.8, 4) is 11.5 Å². The molecule has 32 heavy (non-hydrogen) atoms. The van der Waals surface area contributed by atoms with Crippen LogP contribution in [0.25, 0.3) is 11.5 Å². The first-order valence-electron chi connectivity index (χ1n) is 9.79. The fraction of sp³-hybridized carbons (Fsp3) is 0.273. The molecule has 2 heterocycles. The Kier molecular flexibility index (Phi) is 6.94. The van der Waals surface area contributed by atoms with Crippen molar-refractivity contribution in [3.63, 3.8) is 0 Å². The number of rotatable bonds is 6. The molecule has 9 nitrogen and oxygen atoms in total. The number of ether oxygens (including phenoxy) is 1. The maximum Gasteiger partial charge on any atom is 0.412 e. The molecule has 0 saturated carbocycles. The van der Waals surface area contributed by atoms with Gasteiger partial charge in [0.05, 0.1) is 6.54 Å². The van der Waals surface area contributed by atoms with Crippen LogP contribution in [0, 0.1) is 0 Å². The summed E-state index contributed by atoms with van der Waals surface area (Å²) in [6.45, 7) is 7.03. The van der Waals surface area contributed by atoms with Crippen LogP contribution in [0.2, 0.25) is 0 Å². The standard InChI is InChI=1S/C22H24N4O5S/c1-13(27)23-11-16-8-9-18(30-16)17-12-32-20(25-17)26-19(28)14-6-5-7-15(10-14)24-21(29)31-22(2,3)4/h5-10,12H,11H2,1-4H3,(H,23,27)(H,24,29)(H,25,26,28). The van der Waals surface area contributed by atoms with Crippen molar-refractivity contribution in [2.24, 2.45) is 0 Å². The van der Waals surface area contributed by atoms with Crippen LogP contribution in [0.15, 0.2) is 46.2 Å². The van der Waals surface area contributed by atoms with Crippen LogP contribution in [-0.2, 0) is 16.1 Å². The Morgan fingerprint density at radius 2 is 1.91 bits per heavy atom. The van der Waals surface area contributed by atoms with Gasteiger partial charge < -0.3 is 14.5 Å². The van der Waals surface area contributed by atoms with Gasteiger partial charge in [-0.1, -0.05) is 6.07 Å². The summed E-state index contributed by atoms with van der Waals surface area (Å²) in [5, 5.41) is 10.2. The van der Waals surface area contributed by atoms with E-state index in [-0.39, 0.29) is 18.4 Å². The normalized spacial score (nSPS) is 11.0. The molecule has 2 aromatic heterocycles. The van der Waals surface area contributed by atoms with Gasteiger partial charge in [0.2, 0.25) is 5.91 Å². The molecule has 0 radical (unpaired) electrons. The number of furan rings is 1. The molecule has 3 amide bonds. The number of carbonyl (C=O) groups excluding carboxylic acids is 3. The van der Waals surface area contributed by atoms with Crippen LogP contribution in [0.1, 0.15) is 43.8 Å². The molecule has 10 heteroatoms.